The molecule has 0 spiro atoms. The van der Waals surface area contributed by atoms with Crippen LogP contribution in [-0.2, 0) is 12.8 Å². The summed E-state index contributed by atoms with van der Waals surface area (Å²) in [6.07, 6.45) is 5.52. The van der Waals surface area contributed by atoms with E-state index in [-0.39, 0.29) is 23.8 Å². The minimum Gasteiger partial charge on any atom is -0.368 e. The summed E-state index contributed by atoms with van der Waals surface area (Å²) in [6, 6.07) is -0.196. The zero-order valence-corrected chi connectivity index (χ0v) is 15.2. The monoisotopic (exact) mass is 356 g/mol. The molecule has 0 saturated carbocycles. The molecule has 1 saturated heterocycles. The number of nitrogen functional groups attached to an aromatic ring is 1. The molecule has 2 aromatic heterocycles. The maximum atomic E-state index is 13.3. The number of likely N-dealkylation sites (tertiary alicyclic amines) is 1. The molecule has 1 amide bonds. The maximum Gasteiger partial charge on any atom is 0.273 e. The number of carbonyl (C=O) groups excluding carboxylic acids is 1. The Morgan fingerprint density at radius 3 is 2.77 bits per heavy atom. The summed E-state index contributed by atoms with van der Waals surface area (Å²) in [5.74, 6) is 1.43. The molecule has 1 aliphatic heterocycles. The fourth-order valence-electron chi connectivity index (χ4n) is 3.81. The summed E-state index contributed by atoms with van der Waals surface area (Å²) in [6.45, 7) is 4.69. The lowest BCUT2D eigenvalue weighted by atomic mass is 9.94. The highest BCUT2D eigenvalue weighted by Crippen LogP contribution is 2.34. The van der Waals surface area contributed by atoms with E-state index < -0.39 is 0 Å². The average Bonchev–Trinajstić information content (AvgIpc) is 3.29. The second-order valence-electron chi connectivity index (χ2n) is 7.36. The van der Waals surface area contributed by atoms with E-state index in [1.165, 1.54) is 0 Å². The van der Waals surface area contributed by atoms with Gasteiger partial charge in [0.1, 0.15) is 11.7 Å². The van der Waals surface area contributed by atoms with Gasteiger partial charge in [0.2, 0.25) is 11.8 Å². The van der Waals surface area contributed by atoms with Gasteiger partial charge in [-0.3, -0.25) is 4.79 Å². The number of hydrogen-bond donors (Lipinski definition) is 1. The first-order valence-electron chi connectivity index (χ1n) is 9.34. The molecule has 0 unspecified atom stereocenters. The first-order chi connectivity index (χ1) is 12.5. The first kappa shape index (κ1) is 16.9. The standard InChI is InChI=1S/C18H24N6O2/c1-10(2)15-22-16(26-23-15)13-8-5-9-24(13)17(25)14-11-6-3-4-7-12(11)20-18(19)21-14/h10,13H,3-9H2,1-2H3,(H2,19,20,21)/t13-/m0/s1. The van der Waals surface area contributed by atoms with Crippen molar-refractivity contribution < 1.29 is 9.32 Å². The highest BCUT2D eigenvalue weighted by molar-refractivity contribution is 5.94. The number of nitrogens with two attached hydrogens (primary N) is 1. The summed E-state index contributed by atoms with van der Waals surface area (Å²) >= 11 is 0. The van der Waals surface area contributed by atoms with Crippen molar-refractivity contribution in [2.75, 3.05) is 12.3 Å². The number of anilines is 1. The van der Waals surface area contributed by atoms with Gasteiger partial charge in [0, 0.05) is 23.7 Å². The topological polar surface area (TPSA) is 111 Å². The zero-order valence-electron chi connectivity index (χ0n) is 15.2. The second-order valence-corrected chi connectivity index (χ2v) is 7.36. The number of hydrogen-bond acceptors (Lipinski definition) is 7. The Hall–Kier alpha value is -2.51. The summed E-state index contributed by atoms with van der Waals surface area (Å²) < 4.78 is 5.45. The number of rotatable bonds is 3. The van der Waals surface area contributed by atoms with Crippen LogP contribution in [-0.4, -0.2) is 37.5 Å². The number of amides is 1. The molecule has 1 atom stereocenters. The van der Waals surface area contributed by atoms with E-state index in [9.17, 15) is 4.79 Å². The quantitative estimate of drug-likeness (QED) is 0.899. The van der Waals surface area contributed by atoms with Crippen LogP contribution in [0.4, 0.5) is 5.95 Å². The summed E-state index contributed by atoms with van der Waals surface area (Å²) in [7, 11) is 0. The number of fused-ring (bicyclic) bond motifs is 1. The summed E-state index contributed by atoms with van der Waals surface area (Å²) in [5, 5.41) is 4.04. The fourth-order valence-corrected chi connectivity index (χ4v) is 3.81. The maximum absolute atomic E-state index is 13.3. The Labute approximate surface area is 152 Å². The molecule has 0 aromatic carbocycles. The van der Waals surface area contributed by atoms with Crippen LogP contribution >= 0.6 is 0 Å². The van der Waals surface area contributed by atoms with E-state index in [0.29, 0.717) is 24.0 Å². The van der Waals surface area contributed by atoms with Gasteiger partial charge in [-0.15, -0.1) is 0 Å². The molecular formula is C18H24N6O2. The molecule has 1 aliphatic carbocycles. The van der Waals surface area contributed by atoms with Gasteiger partial charge in [-0.05, 0) is 38.5 Å². The van der Waals surface area contributed by atoms with Crippen LogP contribution in [0, 0.1) is 0 Å². The largest absolute Gasteiger partial charge is 0.368 e. The molecule has 138 valence electrons. The van der Waals surface area contributed by atoms with E-state index >= 15 is 0 Å². The molecule has 8 heteroatoms. The fraction of sp³-hybridized carbons (Fsp3) is 0.611. The number of carbonyl (C=O) groups is 1. The number of aryl methyl sites for hydroxylation is 1. The molecule has 3 heterocycles. The Morgan fingerprint density at radius 1 is 1.19 bits per heavy atom. The molecule has 4 rings (SSSR count). The predicted molar refractivity (Wildman–Crippen MR) is 94.5 cm³/mol. The van der Waals surface area contributed by atoms with E-state index in [0.717, 1.165) is 49.8 Å². The molecule has 2 aromatic rings. The van der Waals surface area contributed by atoms with Crippen molar-refractivity contribution >= 4 is 11.9 Å². The van der Waals surface area contributed by atoms with E-state index in [4.69, 9.17) is 10.3 Å². The van der Waals surface area contributed by atoms with Crippen molar-refractivity contribution in [1.82, 2.24) is 25.0 Å². The lowest BCUT2D eigenvalue weighted by molar-refractivity contribution is 0.0702. The lowest BCUT2D eigenvalue weighted by Crippen LogP contribution is -2.33. The average molecular weight is 356 g/mol. The van der Waals surface area contributed by atoms with Crippen LogP contribution in [0.15, 0.2) is 4.52 Å². The Bertz CT molecular complexity index is 831. The molecule has 2 N–H and O–H groups in total. The van der Waals surface area contributed by atoms with E-state index in [1.54, 1.807) is 4.90 Å². The van der Waals surface area contributed by atoms with E-state index in [1.807, 2.05) is 13.8 Å². The molecule has 0 bridgehead atoms. The predicted octanol–water partition coefficient (Wildman–Crippen LogP) is 2.42. The van der Waals surface area contributed by atoms with Crippen LogP contribution in [0.5, 0.6) is 0 Å². The van der Waals surface area contributed by atoms with E-state index in [2.05, 4.69) is 20.1 Å². The van der Waals surface area contributed by atoms with Crippen molar-refractivity contribution in [3.05, 3.63) is 28.7 Å². The Kier molecular flexibility index (Phi) is 4.34. The highest BCUT2D eigenvalue weighted by Gasteiger charge is 2.36. The normalized spacial score (nSPS) is 19.8. The van der Waals surface area contributed by atoms with Gasteiger partial charge >= 0.3 is 0 Å². The van der Waals surface area contributed by atoms with Gasteiger partial charge in [-0.1, -0.05) is 19.0 Å². The third-order valence-electron chi connectivity index (χ3n) is 5.18. The molecule has 1 fully saturated rings. The highest BCUT2D eigenvalue weighted by atomic mass is 16.5. The second kappa shape index (κ2) is 6.66. The van der Waals surface area contributed by atoms with Crippen molar-refractivity contribution in [2.45, 2.75) is 64.3 Å². The van der Waals surface area contributed by atoms with Crippen molar-refractivity contribution in [3.8, 4) is 0 Å². The minimum absolute atomic E-state index is 0.107. The van der Waals surface area contributed by atoms with Crippen LogP contribution in [0.1, 0.15) is 85.0 Å². The van der Waals surface area contributed by atoms with Crippen LogP contribution in [0.2, 0.25) is 0 Å². The molecule has 2 aliphatic rings. The molecule has 0 radical (unpaired) electrons. The Balaban J connectivity index is 1.66. The smallest absolute Gasteiger partial charge is 0.273 e. The SMILES string of the molecule is CC(C)c1noc([C@@H]2CCCN2C(=O)c2nc(N)nc3c2CCCC3)n1. The third-order valence-corrected chi connectivity index (χ3v) is 5.18. The van der Waals surface area contributed by atoms with Gasteiger partial charge < -0.3 is 15.2 Å². The van der Waals surface area contributed by atoms with Crippen LogP contribution < -0.4 is 5.73 Å². The Morgan fingerprint density at radius 2 is 2.00 bits per heavy atom. The summed E-state index contributed by atoms with van der Waals surface area (Å²) in [4.78, 5) is 28.2. The summed E-state index contributed by atoms with van der Waals surface area (Å²) in [5.41, 5.74) is 8.19. The van der Waals surface area contributed by atoms with Crippen molar-refractivity contribution in [3.63, 3.8) is 0 Å². The molecule has 26 heavy (non-hydrogen) atoms. The van der Waals surface area contributed by atoms with Gasteiger partial charge in [-0.2, -0.15) is 4.98 Å². The van der Waals surface area contributed by atoms with Crippen LogP contribution in [0.3, 0.4) is 0 Å². The molecular weight excluding hydrogens is 332 g/mol. The van der Waals surface area contributed by atoms with Gasteiger partial charge in [0.05, 0.1) is 0 Å². The van der Waals surface area contributed by atoms with Gasteiger partial charge in [0.25, 0.3) is 5.91 Å². The zero-order chi connectivity index (χ0) is 18.3. The first-order valence-corrected chi connectivity index (χ1v) is 9.34. The van der Waals surface area contributed by atoms with Crippen molar-refractivity contribution in [1.29, 1.82) is 0 Å². The molecule has 8 nitrogen and oxygen atoms in total. The van der Waals surface area contributed by atoms with Crippen molar-refractivity contribution in [2.24, 2.45) is 0 Å². The van der Waals surface area contributed by atoms with Gasteiger partial charge in [0.15, 0.2) is 5.82 Å². The minimum atomic E-state index is -0.196. The third kappa shape index (κ3) is 2.93. The van der Waals surface area contributed by atoms with Gasteiger partial charge in [-0.25, -0.2) is 9.97 Å². The lowest BCUT2D eigenvalue weighted by Gasteiger charge is -2.24. The number of aromatic nitrogens is 4. The number of nitrogens with zero attached hydrogens (tertiary/aromatic N) is 5. The van der Waals surface area contributed by atoms with Crippen LogP contribution in [0.25, 0.3) is 0 Å².